The van der Waals surface area contributed by atoms with E-state index in [2.05, 4.69) is 25.6 Å². The van der Waals surface area contributed by atoms with Crippen molar-refractivity contribution in [2.45, 2.75) is 64.6 Å². The summed E-state index contributed by atoms with van der Waals surface area (Å²) >= 11 is 0. The van der Waals surface area contributed by atoms with Crippen molar-refractivity contribution < 1.29 is 32.0 Å². The van der Waals surface area contributed by atoms with E-state index < -0.39 is 21.7 Å². The van der Waals surface area contributed by atoms with Crippen LogP contribution in [0.5, 0.6) is 5.75 Å². The summed E-state index contributed by atoms with van der Waals surface area (Å²) < 4.78 is 46.7. The van der Waals surface area contributed by atoms with Crippen LogP contribution in [0.1, 0.15) is 49.9 Å². The molecule has 14 heteroatoms. The van der Waals surface area contributed by atoms with Crippen molar-refractivity contribution in [2.24, 2.45) is 0 Å². The number of sulfonamides is 1. The summed E-state index contributed by atoms with van der Waals surface area (Å²) in [6.45, 7) is 9.41. The maximum Gasteiger partial charge on any atom is 0.408 e. The van der Waals surface area contributed by atoms with Crippen LogP contribution in [0.15, 0.2) is 52.1 Å². The third-order valence-electron chi connectivity index (χ3n) is 6.30. The van der Waals surface area contributed by atoms with Gasteiger partial charge in [-0.25, -0.2) is 13.2 Å². The molecule has 4 aromatic rings. The first kappa shape index (κ1) is 31.3. The lowest BCUT2D eigenvalue weighted by Crippen LogP contribution is -2.39. The molecule has 4 rings (SSSR count). The van der Waals surface area contributed by atoms with Crippen LogP contribution in [0, 0.1) is 6.92 Å². The van der Waals surface area contributed by atoms with Crippen molar-refractivity contribution in [1.29, 1.82) is 0 Å². The first-order valence-electron chi connectivity index (χ1n) is 13.6. The number of anilines is 1. The molecule has 0 radical (unpaired) electrons. The van der Waals surface area contributed by atoms with Gasteiger partial charge in [0.25, 0.3) is 10.0 Å². The lowest BCUT2D eigenvalue weighted by atomic mass is 10.1. The molecule has 0 saturated heterocycles. The summed E-state index contributed by atoms with van der Waals surface area (Å²) in [4.78, 5) is 23.8. The van der Waals surface area contributed by atoms with Crippen molar-refractivity contribution in [3.63, 3.8) is 0 Å². The van der Waals surface area contributed by atoms with E-state index in [-0.39, 0.29) is 35.5 Å². The standard InChI is InChI=1S/C29H36N6O7S/c1-7-19-8-9-22(40-6)24(12-19)43(38,39)34-27-26-18(2)10-20(11-23(26)42-33-27)16-35-17-21(14-32-35)13-30-25(36)15-31-28(37)41-29(3,4)5/h8-12,14,17H,7,13,15-16H2,1-6H3,(H,30,36)(H,31,37)(H,33,34). The number of fused-ring (bicyclic) bond motifs is 1. The minimum Gasteiger partial charge on any atom is -0.495 e. The van der Waals surface area contributed by atoms with Crippen LogP contribution >= 0.6 is 0 Å². The zero-order valence-corrected chi connectivity index (χ0v) is 25.8. The summed E-state index contributed by atoms with van der Waals surface area (Å²) in [6.07, 6.45) is 3.43. The van der Waals surface area contributed by atoms with E-state index in [1.165, 1.54) is 7.11 Å². The highest BCUT2D eigenvalue weighted by atomic mass is 32.2. The Kier molecular flexibility index (Phi) is 9.28. The highest BCUT2D eigenvalue weighted by molar-refractivity contribution is 7.92. The SMILES string of the molecule is CCc1ccc(OC)c(S(=O)(=O)Nc2noc3cc(Cn4cc(CNC(=O)CNC(=O)OC(C)(C)C)cn4)cc(C)c23)c1. The number of carbonyl (C=O) groups is 2. The van der Waals surface area contributed by atoms with E-state index in [1.54, 1.807) is 56.0 Å². The second-order valence-electron chi connectivity index (χ2n) is 10.9. The van der Waals surface area contributed by atoms with E-state index in [0.717, 1.165) is 22.3 Å². The van der Waals surface area contributed by atoms with Gasteiger partial charge in [0.15, 0.2) is 11.4 Å². The number of alkyl carbamates (subject to hydrolysis) is 1. The number of aryl methyl sites for hydroxylation is 2. The van der Waals surface area contributed by atoms with Crippen LogP contribution in [-0.2, 0) is 39.1 Å². The normalized spacial score (nSPS) is 11.8. The Bertz CT molecular complexity index is 1740. The monoisotopic (exact) mass is 612 g/mol. The van der Waals surface area contributed by atoms with Gasteiger partial charge in [-0.15, -0.1) is 0 Å². The maximum absolute atomic E-state index is 13.3. The predicted octanol–water partition coefficient (Wildman–Crippen LogP) is 3.89. The van der Waals surface area contributed by atoms with Gasteiger partial charge in [0, 0.05) is 18.3 Å². The van der Waals surface area contributed by atoms with Gasteiger partial charge in [-0.05, 0) is 69.0 Å². The molecule has 2 amide bonds. The molecule has 0 atom stereocenters. The fourth-order valence-electron chi connectivity index (χ4n) is 4.34. The number of rotatable bonds is 11. The largest absolute Gasteiger partial charge is 0.495 e. The molecule has 0 aliphatic rings. The molecule has 2 aromatic carbocycles. The molecule has 0 aliphatic heterocycles. The molecule has 13 nitrogen and oxygen atoms in total. The molecule has 2 heterocycles. The van der Waals surface area contributed by atoms with Gasteiger partial charge < -0.3 is 24.6 Å². The molecule has 2 aromatic heterocycles. The molecule has 0 spiro atoms. The van der Waals surface area contributed by atoms with Crippen molar-refractivity contribution in [1.82, 2.24) is 25.6 Å². The fourth-order valence-corrected chi connectivity index (χ4v) is 5.56. The van der Waals surface area contributed by atoms with Crippen LogP contribution in [0.4, 0.5) is 10.6 Å². The minimum absolute atomic E-state index is 0.0183. The lowest BCUT2D eigenvalue weighted by molar-refractivity contribution is -0.120. The zero-order chi connectivity index (χ0) is 31.4. The Morgan fingerprint density at radius 2 is 1.84 bits per heavy atom. The van der Waals surface area contributed by atoms with Gasteiger partial charge in [-0.2, -0.15) is 5.10 Å². The van der Waals surface area contributed by atoms with Crippen LogP contribution in [0.3, 0.4) is 0 Å². The van der Waals surface area contributed by atoms with Gasteiger partial charge in [0.05, 0.1) is 25.2 Å². The average molecular weight is 613 g/mol. The van der Waals surface area contributed by atoms with Crippen molar-refractivity contribution in [3.8, 4) is 5.75 Å². The van der Waals surface area contributed by atoms with Gasteiger partial charge in [0.1, 0.15) is 22.8 Å². The van der Waals surface area contributed by atoms with Crippen LogP contribution in [0.2, 0.25) is 0 Å². The molecular weight excluding hydrogens is 576 g/mol. The quantitative estimate of drug-likeness (QED) is 0.228. The Morgan fingerprint density at radius 3 is 2.53 bits per heavy atom. The molecule has 3 N–H and O–H groups in total. The van der Waals surface area contributed by atoms with Crippen LogP contribution < -0.4 is 20.1 Å². The van der Waals surface area contributed by atoms with Crippen molar-refractivity contribution in [3.05, 3.63) is 65.0 Å². The van der Waals surface area contributed by atoms with E-state index in [4.69, 9.17) is 14.0 Å². The van der Waals surface area contributed by atoms with Gasteiger partial charge in [-0.1, -0.05) is 24.2 Å². The Labute approximate surface area is 250 Å². The predicted molar refractivity (Wildman–Crippen MR) is 159 cm³/mol. The Hall–Kier alpha value is -4.59. The molecule has 0 unspecified atom stereocenters. The molecule has 43 heavy (non-hydrogen) atoms. The second-order valence-corrected chi connectivity index (χ2v) is 12.6. The first-order chi connectivity index (χ1) is 20.3. The minimum atomic E-state index is -4.02. The van der Waals surface area contributed by atoms with E-state index in [9.17, 15) is 18.0 Å². The third kappa shape index (κ3) is 8.03. The topological polar surface area (TPSA) is 167 Å². The smallest absolute Gasteiger partial charge is 0.408 e. The number of methoxy groups -OCH3 is 1. The van der Waals surface area contributed by atoms with Crippen molar-refractivity contribution in [2.75, 3.05) is 18.4 Å². The zero-order valence-electron chi connectivity index (χ0n) is 25.0. The first-order valence-corrected chi connectivity index (χ1v) is 15.1. The number of nitrogens with one attached hydrogen (secondary N) is 3. The molecule has 230 valence electrons. The summed E-state index contributed by atoms with van der Waals surface area (Å²) in [5.41, 5.74) is 3.00. The molecule has 0 fully saturated rings. The number of benzene rings is 2. The highest BCUT2D eigenvalue weighted by Gasteiger charge is 2.24. The summed E-state index contributed by atoms with van der Waals surface area (Å²) in [5, 5.41) is 14.0. The number of ether oxygens (including phenoxy) is 2. The van der Waals surface area contributed by atoms with Crippen molar-refractivity contribution >= 4 is 38.8 Å². The van der Waals surface area contributed by atoms with Gasteiger partial charge in [0.2, 0.25) is 5.91 Å². The fraction of sp³-hybridized carbons (Fsp3) is 0.379. The number of carbonyl (C=O) groups excluding carboxylic acids is 2. The lowest BCUT2D eigenvalue weighted by Gasteiger charge is -2.19. The van der Waals surface area contributed by atoms with Gasteiger partial charge >= 0.3 is 6.09 Å². The Balaban J connectivity index is 1.40. The van der Waals surface area contributed by atoms with E-state index in [1.807, 2.05) is 26.0 Å². The summed E-state index contributed by atoms with van der Waals surface area (Å²) in [5.74, 6) is -0.0543. The second kappa shape index (κ2) is 12.7. The summed E-state index contributed by atoms with van der Waals surface area (Å²) in [6, 6.07) is 8.71. The van der Waals surface area contributed by atoms with Gasteiger partial charge in [-0.3, -0.25) is 14.2 Å². The Morgan fingerprint density at radius 1 is 1.07 bits per heavy atom. The van der Waals surface area contributed by atoms with E-state index >= 15 is 0 Å². The number of nitrogens with zero attached hydrogens (tertiary/aromatic N) is 3. The molecule has 0 saturated carbocycles. The number of hydrogen-bond donors (Lipinski definition) is 3. The number of aromatic nitrogens is 3. The molecule has 0 aliphatic carbocycles. The number of hydrogen-bond acceptors (Lipinski definition) is 9. The number of amides is 2. The average Bonchev–Trinajstić information content (AvgIpc) is 3.55. The van der Waals surface area contributed by atoms with Crippen LogP contribution in [0.25, 0.3) is 11.0 Å². The van der Waals surface area contributed by atoms with E-state index in [0.29, 0.717) is 23.9 Å². The third-order valence-corrected chi connectivity index (χ3v) is 7.66. The summed E-state index contributed by atoms with van der Waals surface area (Å²) in [7, 11) is -2.60. The maximum atomic E-state index is 13.3. The van der Waals surface area contributed by atoms with Crippen LogP contribution in [-0.4, -0.2) is 54.6 Å². The molecular formula is C29H36N6O7S. The highest BCUT2D eigenvalue weighted by Crippen LogP contribution is 2.32. The molecule has 0 bridgehead atoms.